The molecule has 2 saturated heterocycles. The lowest BCUT2D eigenvalue weighted by molar-refractivity contribution is -0.0328. The van der Waals surface area contributed by atoms with Crippen molar-refractivity contribution in [2.75, 3.05) is 0 Å². The van der Waals surface area contributed by atoms with Gasteiger partial charge in [-0.1, -0.05) is 42.5 Å². The molecule has 0 amide bonds. The average Bonchev–Trinajstić information content (AvgIpc) is 3.21. The van der Waals surface area contributed by atoms with Gasteiger partial charge in [0.25, 0.3) is 0 Å². The summed E-state index contributed by atoms with van der Waals surface area (Å²) in [5.74, 6) is 1.37. The molecule has 2 aromatic carbocycles. The van der Waals surface area contributed by atoms with Crippen LogP contribution in [0.25, 0.3) is 11.0 Å². The third-order valence-corrected chi connectivity index (χ3v) is 6.25. The molecule has 5 rings (SSSR count). The number of aromatic amines is 1. The van der Waals surface area contributed by atoms with Crippen LogP contribution in [0.2, 0.25) is 0 Å². The van der Waals surface area contributed by atoms with Crippen molar-refractivity contribution in [3.05, 3.63) is 66.0 Å². The summed E-state index contributed by atoms with van der Waals surface area (Å²) < 4.78 is 0. The van der Waals surface area contributed by atoms with Gasteiger partial charge in [0, 0.05) is 12.1 Å². The molecule has 2 fully saturated rings. The summed E-state index contributed by atoms with van der Waals surface area (Å²) in [5, 5.41) is 11.0. The van der Waals surface area contributed by atoms with Crippen molar-refractivity contribution in [2.24, 2.45) is 5.92 Å². The van der Waals surface area contributed by atoms with Gasteiger partial charge in [-0.2, -0.15) is 0 Å². The smallest absolute Gasteiger partial charge is 0.121 e. The molecular formula is C22H25N3O. The fourth-order valence-corrected chi connectivity index (χ4v) is 5.01. The third-order valence-electron chi connectivity index (χ3n) is 6.25. The van der Waals surface area contributed by atoms with E-state index in [4.69, 9.17) is 4.98 Å². The van der Waals surface area contributed by atoms with Gasteiger partial charge >= 0.3 is 0 Å². The average molecular weight is 347 g/mol. The summed E-state index contributed by atoms with van der Waals surface area (Å²) in [5.41, 5.74) is 3.45. The standard InChI is InChI=1S/C22H25N3O/c26-22-16(12-15-6-2-1-3-7-15)13-17-10-11-20(22)25(17)14-21-23-18-8-4-5-9-19(18)24-21/h1-9,16-17,20,22,26H,10-14H2,(H,23,24)/t16?,17?,20?,22-/m1/s1. The van der Waals surface area contributed by atoms with Gasteiger partial charge in [0.2, 0.25) is 0 Å². The summed E-state index contributed by atoms with van der Waals surface area (Å²) in [6, 6.07) is 19.6. The van der Waals surface area contributed by atoms with E-state index in [0.717, 1.165) is 42.7 Å². The van der Waals surface area contributed by atoms with E-state index in [1.165, 1.54) is 12.0 Å². The number of benzene rings is 2. The lowest BCUT2D eigenvalue weighted by Crippen LogP contribution is -2.51. The fraction of sp³-hybridized carbons (Fsp3) is 0.409. The number of nitrogens with one attached hydrogen (secondary N) is 1. The number of aliphatic hydroxyl groups is 1. The van der Waals surface area contributed by atoms with Crippen LogP contribution in [-0.2, 0) is 13.0 Å². The highest BCUT2D eigenvalue weighted by atomic mass is 16.3. The minimum atomic E-state index is -0.252. The van der Waals surface area contributed by atoms with Crippen molar-refractivity contribution < 1.29 is 5.11 Å². The summed E-state index contributed by atoms with van der Waals surface area (Å²) in [7, 11) is 0. The first-order valence-electron chi connectivity index (χ1n) is 9.69. The molecule has 134 valence electrons. The predicted molar refractivity (Wildman–Crippen MR) is 103 cm³/mol. The van der Waals surface area contributed by atoms with Crippen molar-refractivity contribution in [3.63, 3.8) is 0 Å². The number of rotatable bonds is 4. The highest BCUT2D eigenvalue weighted by Gasteiger charge is 2.46. The van der Waals surface area contributed by atoms with Crippen LogP contribution in [0.1, 0.15) is 30.7 Å². The van der Waals surface area contributed by atoms with Gasteiger partial charge < -0.3 is 10.1 Å². The van der Waals surface area contributed by atoms with E-state index in [9.17, 15) is 5.11 Å². The van der Waals surface area contributed by atoms with Crippen LogP contribution >= 0.6 is 0 Å². The van der Waals surface area contributed by atoms with E-state index in [0.29, 0.717) is 12.0 Å². The Morgan fingerprint density at radius 1 is 1.04 bits per heavy atom. The lowest BCUT2D eigenvalue weighted by Gasteiger charge is -2.42. The molecule has 4 atom stereocenters. The van der Waals surface area contributed by atoms with Gasteiger partial charge in [-0.05, 0) is 49.3 Å². The molecule has 2 aliphatic rings. The Kier molecular flexibility index (Phi) is 4.03. The molecule has 1 aromatic heterocycles. The Morgan fingerprint density at radius 3 is 2.69 bits per heavy atom. The molecule has 3 heterocycles. The first-order chi connectivity index (χ1) is 12.8. The Labute approximate surface area is 153 Å². The van der Waals surface area contributed by atoms with E-state index in [2.05, 4.69) is 46.3 Å². The van der Waals surface area contributed by atoms with Crippen LogP contribution in [0.5, 0.6) is 0 Å². The molecule has 3 aromatic rings. The van der Waals surface area contributed by atoms with E-state index in [1.54, 1.807) is 0 Å². The zero-order valence-corrected chi connectivity index (χ0v) is 14.9. The quantitative estimate of drug-likeness (QED) is 0.759. The van der Waals surface area contributed by atoms with Gasteiger partial charge in [0.1, 0.15) is 5.82 Å². The number of H-pyrrole nitrogens is 1. The number of para-hydroxylation sites is 2. The maximum Gasteiger partial charge on any atom is 0.121 e. The van der Waals surface area contributed by atoms with Gasteiger partial charge in [-0.3, -0.25) is 4.90 Å². The number of aliphatic hydroxyl groups excluding tert-OH is 1. The number of imidazole rings is 1. The molecule has 4 heteroatoms. The van der Waals surface area contributed by atoms with Crippen molar-refractivity contribution >= 4 is 11.0 Å². The van der Waals surface area contributed by atoms with Crippen LogP contribution in [0.15, 0.2) is 54.6 Å². The zero-order valence-electron chi connectivity index (χ0n) is 14.9. The number of hydrogen-bond donors (Lipinski definition) is 2. The second-order valence-corrected chi connectivity index (χ2v) is 7.85. The number of hydrogen-bond acceptors (Lipinski definition) is 3. The highest BCUT2D eigenvalue weighted by Crippen LogP contribution is 2.40. The summed E-state index contributed by atoms with van der Waals surface area (Å²) in [6.07, 6.45) is 4.09. The molecule has 0 aliphatic carbocycles. The summed E-state index contributed by atoms with van der Waals surface area (Å²) >= 11 is 0. The second kappa shape index (κ2) is 6.53. The minimum absolute atomic E-state index is 0.252. The van der Waals surface area contributed by atoms with Crippen LogP contribution in [0, 0.1) is 5.92 Å². The molecule has 0 saturated carbocycles. The Morgan fingerprint density at radius 2 is 1.85 bits per heavy atom. The maximum absolute atomic E-state index is 11.0. The highest BCUT2D eigenvalue weighted by molar-refractivity contribution is 5.74. The molecule has 0 spiro atoms. The Hall–Kier alpha value is -2.17. The number of piperidine rings is 1. The normalized spacial score (nSPS) is 28.7. The fourth-order valence-electron chi connectivity index (χ4n) is 5.01. The molecule has 26 heavy (non-hydrogen) atoms. The first kappa shape index (κ1) is 16.0. The van der Waals surface area contributed by atoms with E-state index < -0.39 is 0 Å². The molecule has 2 N–H and O–H groups in total. The van der Waals surface area contributed by atoms with Crippen molar-refractivity contribution in [3.8, 4) is 0 Å². The lowest BCUT2D eigenvalue weighted by atomic mass is 9.83. The summed E-state index contributed by atoms with van der Waals surface area (Å²) in [4.78, 5) is 10.7. The van der Waals surface area contributed by atoms with Crippen LogP contribution in [0.3, 0.4) is 0 Å². The van der Waals surface area contributed by atoms with E-state index in [1.807, 2.05) is 18.2 Å². The Balaban J connectivity index is 1.33. The molecule has 2 aliphatic heterocycles. The molecule has 4 nitrogen and oxygen atoms in total. The van der Waals surface area contributed by atoms with Gasteiger partial charge in [0.15, 0.2) is 0 Å². The number of nitrogens with zero attached hydrogens (tertiary/aromatic N) is 2. The monoisotopic (exact) mass is 347 g/mol. The zero-order chi connectivity index (χ0) is 17.5. The van der Waals surface area contributed by atoms with E-state index in [-0.39, 0.29) is 12.1 Å². The van der Waals surface area contributed by atoms with E-state index >= 15 is 0 Å². The maximum atomic E-state index is 11.0. The topological polar surface area (TPSA) is 52.1 Å². The summed E-state index contributed by atoms with van der Waals surface area (Å²) in [6.45, 7) is 0.805. The minimum Gasteiger partial charge on any atom is -0.391 e. The van der Waals surface area contributed by atoms with Crippen molar-refractivity contribution in [1.29, 1.82) is 0 Å². The molecular weight excluding hydrogens is 322 g/mol. The van der Waals surface area contributed by atoms with Gasteiger partial charge in [-0.15, -0.1) is 0 Å². The second-order valence-electron chi connectivity index (χ2n) is 7.85. The van der Waals surface area contributed by atoms with Gasteiger partial charge in [-0.25, -0.2) is 4.98 Å². The number of fused-ring (bicyclic) bond motifs is 3. The predicted octanol–water partition coefficient (Wildman–Crippen LogP) is 3.52. The van der Waals surface area contributed by atoms with Gasteiger partial charge in [0.05, 0.1) is 23.7 Å². The Bertz CT molecular complexity index is 858. The number of aromatic nitrogens is 2. The SMILES string of the molecule is O[C@@H]1C(Cc2ccccc2)CC2CCC1N2Cc1nc2ccccc2[nH]1. The molecule has 3 unspecified atom stereocenters. The third kappa shape index (κ3) is 2.83. The largest absolute Gasteiger partial charge is 0.391 e. The molecule has 2 bridgehead atoms. The van der Waals surface area contributed by atoms with Crippen molar-refractivity contribution in [1.82, 2.24) is 14.9 Å². The first-order valence-corrected chi connectivity index (χ1v) is 9.69. The van der Waals surface area contributed by atoms with Crippen molar-refractivity contribution in [2.45, 2.75) is 50.4 Å². The van der Waals surface area contributed by atoms with Crippen LogP contribution in [-0.4, -0.2) is 38.2 Å². The van der Waals surface area contributed by atoms with Crippen LogP contribution < -0.4 is 0 Å². The molecule has 0 radical (unpaired) electrons. The van der Waals surface area contributed by atoms with Crippen LogP contribution in [0.4, 0.5) is 0 Å².